The summed E-state index contributed by atoms with van der Waals surface area (Å²) in [7, 11) is 0. The Hall–Kier alpha value is -0.0800. The number of hydrogen-bond donors (Lipinski definition) is 1. The predicted molar refractivity (Wildman–Crippen MR) is 71.8 cm³/mol. The van der Waals surface area contributed by atoms with E-state index in [1.807, 2.05) is 0 Å². The summed E-state index contributed by atoms with van der Waals surface area (Å²) < 4.78 is 0. The van der Waals surface area contributed by atoms with Gasteiger partial charge in [-0.15, -0.1) is 0 Å². The Labute approximate surface area is 102 Å². The van der Waals surface area contributed by atoms with Gasteiger partial charge in [0.1, 0.15) is 0 Å². The molecule has 0 radical (unpaired) electrons. The first-order chi connectivity index (χ1) is 7.86. The molecule has 1 N–H and O–H groups in total. The van der Waals surface area contributed by atoms with E-state index < -0.39 is 0 Å². The lowest BCUT2D eigenvalue weighted by Crippen LogP contribution is -2.31. The van der Waals surface area contributed by atoms with Crippen LogP contribution in [0.3, 0.4) is 0 Å². The molecule has 2 nitrogen and oxygen atoms in total. The van der Waals surface area contributed by atoms with Gasteiger partial charge in [-0.3, -0.25) is 0 Å². The van der Waals surface area contributed by atoms with Crippen LogP contribution in [0.1, 0.15) is 52.4 Å². The topological polar surface area (TPSA) is 15.3 Å². The van der Waals surface area contributed by atoms with Gasteiger partial charge in [0.05, 0.1) is 0 Å². The van der Waals surface area contributed by atoms with Crippen LogP contribution in [0.25, 0.3) is 0 Å². The summed E-state index contributed by atoms with van der Waals surface area (Å²) in [5.74, 6) is 0.957. The van der Waals surface area contributed by atoms with Gasteiger partial charge in [-0.05, 0) is 70.7 Å². The minimum atomic E-state index is 0.957. The minimum Gasteiger partial charge on any atom is -0.316 e. The molecular weight excluding hydrogens is 196 g/mol. The molecule has 1 saturated heterocycles. The Kier molecular flexibility index (Phi) is 7.87. The van der Waals surface area contributed by atoms with Crippen molar-refractivity contribution in [1.29, 1.82) is 0 Å². The highest BCUT2D eigenvalue weighted by molar-refractivity contribution is 4.69. The quantitative estimate of drug-likeness (QED) is 0.684. The van der Waals surface area contributed by atoms with Crippen LogP contribution in [0.5, 0.6) is 0 Å². The van der Waals surface area contributed by atoms with Crippen LogP contribution in [0.15, 0.2) is 0 Å². The average Bonchev–Trinajstić information content (AvgIpc) is 2.35. The summed E-state index contributed by atoms with van der Waals surface area (Å²) in [6.07, 6.45) is 8.34. The number of hydrogen-bond acceptors (Lipinski definition) is 2. The molecule has 16 heavy (non-hydrogen) atoms. The molecule has 0 aliphatic carbocycles. The Bertz CT molecular complexity index is 153. The van der Waals surface area contributed by atoms with Gasteiger partial charge >= 0.3 is 0 Å². The Morgan fingerprint density at radius 1 is 1.19 bits per heavy atom. The number of nitrogens with one attached hydrogen (secondary N) is 1. The summed E-state index contributed by atoms with van der Waals surface area (Å²) in [6.45, 7) is 10.9. The lowest BCUT2D eigenvalue weighted by molar-refractivity contribution is 0.259. The zero-order valence-corrected chi connectivity index (χ0v) is 11.3. The van der Waals surface area contributed by atoms with Crippen molar-refractivity contribution in [2.45, 2.75) is 52.4 Å². The van der Waals surface area contributed by atoms with Gasteiger partial charge in [0, 0.05) is 0 Å². The van der Waals surface area contributed by atoms with Crippen LogP contribution in [-0.4, -0.2) is 37.6 Å². The number of unbranched alkanes of at least 4 members (excludes halogenated alkanes) is 1. The second-order valence-electron chi connectivity index (χ2n) is 5.14. The van der Waals surface area contributed by atoms with Gasteiger partial charge < -0.3 is 10.2 Å². The monoisotopic (exact) mass is 226 g/mol. The zero-order valence-electron chi connectivity index (χ0n) is 11.3. The normalized spacial score (nSPS) is 21.6. The maximum absolute atomic E-state index is 3.51. The Morgan fingerprint density at radius 2 is 2.00 bits per heavy atom. The molecule has 1 rings (SSSR count). The SMILES string of the molecule is CCCCN(CC)CCCC1CCCNC1. The highest BCUT2D eigenvalue weighted by Gasteiger charge is 2.12. The van der Waals surface area contributed by atoms with Crippen LogP contribution in [0.2, 0.25) is 0 Å². The first kappa shape index (κ1) is 14.0. The van der Waals surface area contributed by atoms with Gasteiger partial charge in [-0.25, -0.2) is 0 Å². The van der Waals surface area contributed by atoms with Crippen molar-refractivity contribution in [2.75, 3.05) is 32.7 Å². The van der Waals surface area contributed by atoms with Gasteiger partial charge in [0.2, 0.25) is 0 Å². The Morgan fingerprint density at radius 3 is 2.62 bits per heavy atom. The fraction of sp³-hybridized carbons (Fsp3) is 1.00. The number of rotatable bonds is 8. The van der Waals surface area contributed by atoms with Gasteiger partial charge in [-0.1, -0.05) is 20.3 Å². The summed E-state index contributed by atoms with van der Waals surface area (Å²) >= 11 is 0. The van der Waals surface area contributed by atoms with Crippen LogP contribution in [0.4, 0.5) is 0 Å². The maximum atomic E-state index is 3.51. The lowest BCUT2D eigenvalue weighted by atomic mass is 9.94. The van der Waals surface area contributed by atoms with Crippen LogP contribution in [-0.2, 0) is 0 Å². The van der Waals surface area contributed by atoms with E-state index >= 15 is 0 Å². The molecular formula is C14H30N2. The van der Waals surface area contributed by atoms with Gasteiger partial charge in [-0.2, -0.15) is 0 Å². The average molecular weight is 226 g/mol. The summed E-state index contributed by atoms with van der Waals surface area (Å²) in [5.41, 5.74) is 0. The van der Waals surface area contributed by atoms with Crippen LogP contribution < -0.4 is 5.32 Å². The van der Waals surface area contributed by atoms with E-state index in [0.29, 0.717) is 0 Å². The second kappa shape index (κ2) is 9.00. The van der Waals surface area contributed by atoms with Gasteiger partial charge in [0.25, 0.3) is 0 Å². The Balaban J connectivity index is 2.02. The van der Waals surface area contributed by atoms with E-state index in [1.165, 1.54) is 71.2 Å². The van der Waals surface area contributed by atoms with Crippen molar-refractivity contribution in [3.63, 3.8) is 0 Å². The fourth-order valence-electron chi connectivity index (χ4n) is 2.58. The summed E-state index contributed by atoms with van der Waals surface area (Å²) in [5, 5.41) is 3.51. The molecule has 0 amide bonds. The smallest absolute Gasteiger partial charge is 0.00187 e. The van der Waals surface area contributed by atoms with E-state index in [1.54, 1.807) is 0 Å². The minimum absolute atomic E-state index is 0.957. The third-order valence-electron chi connectivity index (χ3n) is 3.76. The molecule has 2 heteroatoms. The molecule has 96 valence electrons. The highest BCUT2D eigenvalue weighted by atomic mass is 15.1. The maximum Gasteiger partial charge on any atom is -0.00187 e. The largest absolute Gasteiger partial charge is 0.316 e. The second-order valence-corrected chi connectivity index (χ2v) is 5.14. The van der Waals surface area contributed by atoms with Crippen molar-refractivity contribution in [3.05, 3.63) is 0 Å². The van der Waals surface area contributed by atoms with Crippen LogP contribution >= 0.6 is 0 Å². The van der Waals surface area contributed by atoms with Crippen molar-refractivity contribution < 1.29 is 0 Å². The van der Waals surface area contributed by atoms with Crippen molar-refractivity contribution >= 4 is 0 Å². The zero-order chi connectivity index (χ0) is 11.6. The molecule has 1 heterocycles. The van der Waals surface area contributed by atoms with E-state index in [9.17, 15) is 0 Å². The molecule has 0 aromatic carbocycles. The molecule has 1 unspecified atom stereocenters. The molecule has 0 saturated carbocycles. The van der Waals surface area contributed by atoms with Crippen molar-refractivity contribution in [1.82, 2.24) is 10.2 Å². The number of nitrogens with zero attached hydrogens (tertiary/aromatic N) is 1. The summed E-state index contributed by atoms with van der Waals surface area (Å²) in [6, 6.07) is 0. The van der Waals surface area contributed by atoms with Crippen molar-refractivity contribution in [3.8, 4) is 0 Å². The third kappa shape index (κ3) is 5.86. The molecule has 0 bridgehead atoms. The molecule has 1 atom stereocenters. The van der Waals surface area contributed by atoms with E-state index in [0.717, 1.165) is 5.92 Å². The van der Waals surface area contributed by atoms with E-state index in [4.69, 9.17) is 0 Å². The molecule has 0 aromatic heterocycles. The highest BCUT2D eigenvalue weighted by Crippen LogP contribution is 2.16. The standard InChI is InChI=1S/C14H30N2/c1-3-5-11-16(4-2)12-7-9-14-8-6-10-15-13-14/h14-15H,3-13H2,1-2H3. The fourth-order valence-corrected chi connectivity index (χ4v) is 2.58. The molecule has 0 spiro atoms. The summed E-state index contributed by atoms with van der Waals surface area (Å²) in [4.78, 5) is 2.61. The predicted octanol–water partition coefficient (Wildman–Crippen LogP) is 2.89. The van der Waals surface area contributed by atoms with E-state index in [2.05, 4.69) is 24.1 Å². The molecule has 0 aromatic rings. The number of piperidine rings is 1. The van der Waals surface area contributed by atoms with E-state index in [-0.39, 0.29) is 0 Å². The lowest BCUT2D eigenvalue weighted by Gasteiger charge is -2.25. The van der Waals surface area contributed by atoms with Crippen molar-refractivity contribution in [2.24, 2.45) is 5.92 Å². The molecule has 1 fully saturated rings. The third-order valence-corrected chi connectivity index (χ3v) is 3.76. The first-order valence-electron chi connectivity index (χ1n) is 7.29. The first-order valence-corrected chi connectivity index (χ1v) is 7.29. The van der Waals surface area contributed by atoms with Gasteiger partial charge in [0.15, 0.2) is 0 Å². The molecule has 1 aliphatic heterocycles. The van der Waals surface area contributed by atoms with Crippen LogP contribution in [0, 0.1) is 5.92 Å². The molecule has 1 aliphatic rings.